The van der Waals surface area contributed by atoms with Gasteiger partial charge in [-0.05, 0) is 41.3 Å². The van der Waals surface area contributed by atoms with Crippen molar-refractivity contribution in [2.24, 2.45) is 5.73 Å². The number of carbonyl (C=O) groups is 2. The Kier molecular flexibility index (Phi) is 7.66. The van der Waals surface area contributed by atoms with Crippen LogP contribution < -0.4 is 15.8 Å². The van der Waals surface area contributed by atoms with Crippen molar-refractivity contribution in [3.05, 3.63) is 77.9 Å². The molecule has 3 aromatic carbocycles. The van der Waals surface area contributed by atoms with E-state index in [0.29, 0.717) is 18.7 Å². The normalized spacial score (nSPS) is 14.5. The molecular weight excluding hydrogens is 478 g/mol. The monoisotopic (exact) mass is 507 g/mol. The second-order valence-electron chi connectivity index (χ2n) is 8.80. The highest BCUT2D eigenvalue weighted by Gasteiger charge is 2.28. The number of likely N-dealkylation sites (tertiary alicyclic amines) is 1. The lowest BCUT2D eigenvalue weighted by atomic mass is 10.0. The van der Waals surface area contributed by atoms with E-state index >= 15 is 0 Å². The number of hydrogen-bond acceptors (Lipinski definition) is 5. The van der Waals surface area contributed by atoms with E-state index in [1.54, 1.807) is 41.3 Å². The molecule has 0 bridgehead atoms. The van der Waals surface area contributed by atoms with Gasteiger partial charge in [0.2, 0.25) is 21.8 Å². The summed E-state index contributed by atoms with van der Waals surface area (Å²) in [6, 6.07) is 18.2. The van der Waals surface area contributed by atoms with E-state index in [1.807, 2.05) is 24.3 Å². The number of nitrogens with one attached hydrogen (secondary N) is 3. The molecule has 1 fully saturated rings. The number of amidine groups is 1. The van der Waals surface area contributed by atoms with Gasteiger partial charge in [0.05, 0.1) is 11.4 Å². The lowest BCUT2D eigenvalue weighted by Gasteiger charge is -2.24. The Hall–Kier alpha value is -3.76. The third-order valence-corrected chi connectivity index (χ3v) is 7.61. The molecule has 10 heteroatoms. The molecule has 1 aliphatic heterocycles. The SMILES string of the molecule is N=C(N)c1ccc(C[C@H](NC(=O)CNS(=O)(=O)c2ccc3ccccc3c2)C(=O)N2CCCC2)cc1. The lowest BCUT2D eigenvalue weighted by Crippen LogP contribution is -2.51. The molecule has 2 amide bonds. The molecule has 4 rings (SSSR count). The van der Waals surface area contributed by atoms with Crippen LogP contribution in [0.3, 0.4) is 0 Å². The number of rotatable bonds is 9. The summed E-state index contributed by atoms with van der Waals surface area (Å²) >= 11 is 0. The number of nitrogens with zero attached hydrogens (tertiary/aromatic N) is 1. The molecule has 1 saturated heterocycles. The molecule has 188 valence electrons. The summed E-state index contributed by atoms with van der Waals surface area (Å²) in [4.78, 5) is 27.6. The molecule has 0 saturated carbocycles. The zero-order valence-corrected chi connectivity index (χ0v) is 20.6. The Balaban J connectivity index is 1.44. The van der Waals surface area contributed by atoms with Crippen molar-refractivity contribution < 1.29 is 18.0 Å². The fourth-order valence-corrected chi connectivity index (χ4v) is 5.25. The Morgan fingerprint density at radius 3 is 2.31 bits per heavy atom. The van der Waals surface area contributed by atoms with E-state index < -0.39 is 28.5 Å². The van der Waals surface area contributed by atoms with Gasteiger partial charge in [0.15, 0.2) is 0 Å². The third kappa shape index (κ3) is 6.07. The average molecular weight is 508 g/mol. The Bertz CT molecular complexity index is 1380. The number of nitrogen functional groups attached to an aromatic ring is 1. The molecule has 0 radical (unpaired) electrons. The third-order valence-electron chi connectivity index (χ3n) is 6.21. The summed E-state index contributed by atoms with van der Waals surface area (Å²) in [5.74, 6) is -0.857. The van der Waals surface area contributed by atoms with Gasteiger partial charge in [-0.25, -0.2) is 13.1 Å². The summed E-state index contributed by atoms with van der Waals surface area (Å²) in [6.07, 6.45) is 2.05. The summed E-state index contributed by atoms with van der Waals surface area (Å²) in [6.45, 7) is 0.758. The largest absolute Gasteiger partial charge is 0.384 e. The smallest absolute Gasteiger partial charge is 0.245 e. The van der Waals surface area contributed by atoms with E-state index in [0.717, 1.165) is 29.2 Å². The highest BCUT2D eigenvalue weighted by atomic mass is 32.2. The molecule has 5 N–H and O–H groups in total. The summed E-state index contributed by atoms with van der Waals surface area (Å²) in [7, 11) is -3.93. The number of benzene rings is 3. The molecule has 3 aromatic rings. The van der Waals surface area contributed by atoms with Gasteiger partial charge in [0.25, 0.3) is 0 Å². The molecule has 0 spiro atoms. The van der Waals surface area contributed by atoms with Crippen LogP contribution in [0.2, 0.25) is 0 Å². The number of sulfonamides is 1. The average Bonchev–Trinajstić information content (AvgIpc) is 3.42. The van der Waals surface area contributed by atoms with Crippen molar-refractivity contribution in [3.63, 3.8) is 0 Å². The minimum Gasteiger partial charge on any atom is -0.384 e. The molecule has 0 unspecified atom stereocenters. The fourth-order valence-electron chi connectivity index (χ4n) is 4.24. The second-order valence-corrected chi connectivity index (χ2v) is 10.6. The van der Waals surface area contributed by atoms with Crippen molar-refractivity contribution in [1.29, 1.82) is 5.41 Å². The first kappa shape index (κ1) is 25.3. The first-order valence-electron chi connectivity index (χ1n) is 11.7. The quantitative estimate of drug-likeness (QED) is 0.258. The summed E-state index contributed by atoms with van der Waals surface area (Å²) in [5, 5.41) is 11.9. The minimum absolute atomic E-state index is 0.0572. The van der Waals surface area contributed by atoms with Crippen molar-refractivity contribution >= 4 is 38.4 Å². The highest BCUT2D eigenvalue weighted by molar-refractivity contribution is 7.89. The number of hydrogen-bond donors (Lipinski definition) is 4. The zero-order valence-electron chi connectivity index (χ0n) is 19.7. The van der Waals surface area contributed by atoms with Gasteiger partial charge in [-0.2, -0.15) is 0 Å². The van der Waals surface area contributed by atoms with Crippen LogP contribution in [0.1, 0.15) is 24.0 Å². The molecule has 1 aliphatic rings. The van der Waals surface area contributed by atoms with Crippen molar-refractivity contribution in [3.8, 4) is 0 Å². The standard InChI is InChI=1S/C26H29N5O4S/c27-25(28)20-9-7-18(8-10-20)15-23(26(33)31-13-3-4-14-31)30-24(32)17-29-36(34,35)22-12-11-19-5-1-2-6-21(19)16-22/h1-2,5-12,16,23,29H,3-4,13-15,17H2,(H3,27,28)(H,30,32)/t23-/m0/s1. The predicted molar refractivity (Wildman–Crippen MR) is 138 cm³/mol. The van der Waals surface area contributed by atoms with Gasteiger partial charge in [-0.15, -0.1) is 0 Å². The van der Waals surface area contributed by atoms with E-state index in [4.69, 9.17) is 11.1 Å². The van der Waals surface area contributed by atoms with Gasteiger partial charge in [-0.3, -0.25) is 15.0 Å². The van der Waals surface area contributed by atoms with E-state index in [9.17, 15) is 18.0 Å². The maximum absolute atomic E-state index is 13.1. The summed E-state index contributed by atoms with van der Waals surface area (Å²) < 4.78 is 27.9. The molecule has 36 heavy (non-hydrogen) atoms. The zero-order chi connectivity index (χ0) is 25.7. The van der Waals surface area contributed by atoms with Gasteiger partial charge < -0.3 is 16.0 Å². The number of carbonyl (C=O) groups excluding carboxylic acids is 2. The molecule has 0 aromatic heterocycles. The van der Waals surface area contributed by atoms with Crippen molar-refractivity contribution in [2.45, 2.75) is 30.2 Å². The lowest BCUT2D eigenvalue weighted by molar-refractivity contribution is -0.135. The van der Waals surface area contributed by atoms with Crippen molar-refractivity contribution in [1.82, 2.24) is 14.9 Å². The van der Waals surface area contributed by atoms with Crippen LogP contribution in [0.4, 0.5) is 0 Å². The van der Waals surface area contributed by atoms with Crippen LogP contribution in [0.5, 0.6) is 0 Å². The molecule has 1 heterocycles. The van der Waals surface area contributed by atoms with Crippen LogP contribution >= 0.6 is 0 Å². The molecule has 9 nitrogen and oxygen atoms in total. The van der Waals surface area contributed by atoms with E-state index in [1.165, 1.54) is 6.07 Å². The van der Waals surface area contributed by atoms with Crippen LogP contribution in [0, 0.1) is 5.41 Å². The Morgan fingerprint density at radius 1 is 0.972 bits per heavy atom. The first-order chi connectivity index (χ1) is 17.2. The Morgan fingerprint density at radius 2 is 1.64 bits per heavy atom. The number of amides is 2. The van der Waals surface area contributed by atoms with Crippen molar-refractivity contribution in [2.75, 3.05) is 19.6 Å². The van der Waals surface area contributed by atoms with Crippen LogP contribution in [0.25, 0.3) is 10.8 Å². The number of fused-ring (bicyclic) bond motifs is 1. The van der Waals surface area contributed by atoms with E-state index in [2.05, 4.69) is 10.0 Å². The molecule has 0 aliphatic carbocycles. The van der Waals surface area contributed by atoms with Gasteiger partial charge in [-0.1, -0.05) is 54.6 Å². The van der Waals surface area contributed by atoms with Gasteiger partial charge in [0, 0.05) is 25.1 Å². The van der Waals surface area contributed by atoms with Crippen LogP contribution in [0.15, 0.2) is 71.6 Å². The van der Waals surface area contributed by atoms with Crippen LogP contribution in [-0.2, 0) is 26.0 Å². The maximum Gasteiger partial charge on any atom is 0.245 e. The topological polar surface area (TPSA) is 145 Å². The van der Waals surface area contributed by atoms with Gasteiger partial charge in [0.1, 0.15) is 11.9 Å². The van der Waals surface area contributed by atoms with Crippen LogP contribution in [-0.4, -0.2) is 56.6 Å². The second kappa shape index (κ2) is 10.9. The highest BCUT2D eigenvalue weighted by Crippen LogP contribution is 2.19. The summed E-state index contributed by atoms with van der Waals surface area (Å²) in [5.41, 5.74) is 6.86. The van der Waals surface area contributed by atoms with E-state index in [-0.39, 0.29) is 23.1 Å². The number of nitrogens with two attached hydrogens (primary N) is 1. The molecule has 1 atom stereocenters. The first-order valence-corrected chi connectivity index (χ1v) is 13.2. The van der Waals surface area contributed by atoms with Gasteiger partial charge >= 0.3 is 0 Å². The Labute approximate surface area is 210 Å². The molecular formula is C26H29N5O4S. The predicted octanol–water partition coefficient (Wildman–Crippen LogP) is 1.75. The fraction of sp³-hybridized carbons (Fsp3) is 0.269. The maximum atomic E-state index is 13.1. The minimum atomic E-state index is -3.93.